The number of fused-ring (bicyclic) bond motifs is 10. The Morgan fingerprint density at radius 2 is 0.741 bits per heavy atom. The summed E-state index contributed by atoms with van der Waals surface area (Å²) in [6.07, 6.45) is 0. The molecule has 0 unspecified atom stereocenters. The highest BCUT2D eigenvalue weighted by Crippen LogP contribution is 2.61. The molecule has 0 spiro atoms. The summed E-state index contributed by atoms with van der Waals surface area (Å²) in [5.41, 5.74) is 18.8. The van der Waals surface area contributed by atoms with Crippen molar-refractivity contribution in [3.63, 3.8) is 0 Å². The maximum Gasteiger partial charge on any atom is 0.0165 e. The van der Waals surface area contributed by atoms with Gasteiger partial charge in [-0.15, -0.1) is 0 Å². The summed E-state index contributed by atoms with van der Waals surface area (Å²) in [6, 6.07) is 63.7. The van der Waals surface area contributed by atoms with Crippen LogP contribution >= 0.6 is 0 Å². The van der Waals surface area contributed by atoms with Crippen LogP contribution in [0, 0.1) is 0 Å². The highest BCUT2D eigenvalue weighted by Gasteiger charge is 2.46. The van der Waals surface area contributed by atoms with Crippen molar-refractivity contribution in [2.24, 2.45) is 0 Å². The molecule has 9 aromatic carbocycles. The van der Waals surface area contributed by atoms with Gasteiger partial charge in [0.15, 0.2) is 0 Å². The lowest BCUT2D eigenvalue weighted by Gasteiger charge is -2.29. The minimum absolute atomic E-state index is 0.0910. The molecule has 256 valence electrons. The van der Waals surface area contributed by atoms with E-state index in [1.54, 1.807) is 0 Å². The van der Waals surface area contributed by atoms with Gasteiger partial charge in [0.05, 0.1) is 0 Å². The molecule has 9 aromatic rings. The maximum atomic E-state index is 2.52. The predicted molar refractivity (Wildman–Crippen MR) is 230 cm³/mol. The third-order valence-electron chi connectivity index (χ3n) is 12.8. The van der Waals surface area contributed by atoms with Crippen molar-refractivity contribution in [1.82, 2.24) is 0 Å². The lowest BCUT2D eigenvalue weighted by Crippen LogP contribution is -2.19. The van der Waals surface area contributed by atoms with Gasteiger partial charge in [0.2, 0.25) is 0 Å². The van der Waals surface area contributed by atoms with Gasteiger partial charge in [-0.3, -0.25) is 0 Å². The number of benzene rings is 9. The van der Waals surface area contributed by atoms with E-state index in [2.05, 4.69) is 198 Å². The molecule has 54 heavy (non-hydrogen) atoms. The number of rotatable bonds is 3. The zero-order valence-corrected chi connectivity index (χ0v) is 31.2. The van der Waals surface area contributed by atoms with Crippen LogP contribution in [0.4, 0.5) is 0 Å². The summed E-state index contributed by atoms with van der Waals surface area (Å²) in [4.78, 5) is 0. The molecule has 2 aliphatic carbocycles. The lowest BCUT2D eigenvalue weighted by atomic mass is 9.74. The van der Waals surface area contributed by atoms with Crippen molar-refractivity contribution in [3.8, 4) is 55.6 Å². The van der Waals surface area contributed by atoms with Crippen molar-refractivity contribution in [2.45, 2.75) is 38.5 Å². The Hall–Kier alpha value is -6.24. The van der Waals surface area contributed by atoms with Crippen LogP contribution in [-0.4, -0.2) is 0 Å². The monoisotopic (exact) mass is 688 g/mol. The molecular weight excluding hydrogens is 649 g/mol. The van der Waals surface area contributed by atoms with Crippen LogP contribution < -0.4 is 0 Å². The van der Waals surface area contributed by atoms with Crippen LogP contribution in [0.2, 0.25) is 0 Å². The van der Waals surface area contributed by atoms with E-state index in [-0.39, 0.29) is 10.8 Å². The Morgan fingerprint density at radius 1 is 0.296 bits per heavy atom. The van der Waals surface area contributed by atoms with Crippen LogP contribution in [0.3, 0.4) is 0 Å². The minimum atomic E-state index is -0.135. The van der Waals surface area contributed by atoms with Gasteiger partial charge in [-0.05, 0) is 116 Å². The van der Waals surface area contributed by atoms with E-state index in [0.717, 1.165) is 0 Å². The van der Waals surface area contributed by atoms with Gasteiger partial charge in [0.1, 0.15) is 0 Å². The topological polar surface area (TPSA) is 0 Å². The molecule has 0 aliphatic heterocycles. The van der Waals surface area contributed by atoms with E-state index in [9.17, 15) is 0 Å². The lowest BCUT2D eigenvalue weighted by molar-refractivity contribution is 0.648. The molecule has 0 nitrogen and oxygen atoms in total. The first-order valence-corrected chi connectivity index (χ1v) is 19.3. The largest absolute Gasteiger partial charge is 0.0619 e. The molecule has 0 amide bonds. The van der Waals surface area contributed by atoms with Gasteiger partial charge in [-0.2, -0.15) is 0 Å². The normalized spacial score (nSPS) is 14.6. The summed E-state index contributed by atoms with van der Waals surface area (Å²) < 4.78 is 0. The summed E-state index contributed by atoms with van der Waals surface area (Å²) >= 11 is 0. The molecule has 0 radical (unpaired) electrons. The van der Waals surface area contributed by atoms with Crippen LogP contribution in [0.5, 0.6) is 0 Å². The van der Waals surface area contributed by atoms with Crippen LogP contribution in [0.25, 0.3) is 88.0 Å². The SMILES string of the molecule is CC1(C)c2ccccc2-c2c1c(-c1ccc(-c3c4ccccc4c(-c4cccc5ccccc45)c4ccccc34)cc1)cc1c2C(C)(C)c2ccccc2-1. The van der Waals surface area contributed by atoms with Crippen molar-refractivity contribution in [2.75, 3.05) is 0 Å². The fraction of sp³-hybridized carbons (Fsp3) is 0.111. The van der Waals surface area contributed by atoms with Crippen molar-refractivity contribution in [3.05, 3.63) is 192 Å². The molecule has 11 rings (SSSR count). The molecule has 0 aromatic heterocycles. The second-order valence-electron chi connectivity index (χ2n) is 16.4. The van der Waals surface area contributed by atoms with Gasteiger partial charge in [0.25, 0.3) is 0 Å². The van der Waals surface area contributed by atoms with Gasteiger partial charge in [0, 0.05) is 10.8 Å². The second kappa shape index (κ2) is 11.1. The smallest absolute Gasteiger partial charge is 0.0165 e. The summed E-state index contributed by atoms with van der Waals surface area (Å²) in [5, 5.41) is 7.67. The quantitative estimate of drug-likeness (QED) is 0.162. The average Bonchev–Trinajstić information content (AvgIpc) is 3.59. The minimum Gasteiger partial charge on any atom is -0.0619 e. The predicted octanol–water partition coefficient (Wildman–Crippen LogP) is 14.8. The van der Waals surface area contributed by atoms with E-state index >= 15 is 0 Å². The zero-order valence-electron chi connectivity index (χ0n) is 31.2. The Labute approximate surface area is 317 Å². The third kappa shape index (κ3) is 4.14. The third-order valence-corrected chi connectivity index (χ3v) is 12.8. The number of hydrogen-bond donors (Lipinski definition) is 0. The molecule has 0 fully saturated rings. The Kier molecular flexibility index (Phi) is 6.46. The standard InChI is InChI=1S/C54H40/c1-53(2)46-26-13-11-19-37(46)45-32-44(51-50(52(45)53)43-24-12-14-27-47(43)54(51,3)4)34-28-30-35(31-29-34)48-39-20-7-9-22-41(39)49(42-23-10-8-21-40(42)48)38-25-15-17-33-16-5-6-18-36(33)38/h5-32H,1-4H3. The fourth-order valence-electron chi connectivity index (χ4n) is 10.5. The summed E-state index contributed by atoms with van der Waals surface area (Å²) in [5.74, 6) is 0. The van der Waals surface area contributed by atoms with Crippen molar-refractivity contribution in [1.29, 1.82) is 0 Å². The Morgan fingerprint density at radius 3 is 1.39 bits per heavy atom. The van der Waals surface area contributed by atoms with E-state index in [4.69, 9.17) is 0 Å². The average molecular weight is 689 g/mol. The van der Waals surface area contributed by atoms with Gasteiger partial charge in [-0.1, -0.05) is 191 Å². The van der Waals surface area contributed by atoms with Gasteiger partial charge < -0.3 is 0 Å². The Bertz CT molecular complexity index is 2960. The molecule has 0 saturated heterocycles. The van der Waals surface area contributed by atoms with Crippen LogP contribution in [0.1, 0.15) is 49.9 Å². The van der Waals surface area contributed by atoms with E-state index < -0.39 is 0 Å². The van der Waals surface area contributed by atoms with Crippen LogP contribution in [0.15, 0.2) is 170 Å². The first kappa shape index (κ1) is 31.3. The Balaban J connectivity index is 1.15. The first-order chi connectivity index (χ1) is 26.3. The molecule has 0 saturated carbocycles. The number of hydrogen-bond acceptors (Lipinski definition) is 0. The molecular formula is C54H40. The van der Waals surface area contributed by atoms with E-state index in [0.29, 0.717) is 0 Å². The molecule has 0 atom stereocenters. The molecule has 0 heterocycles. The van der Waals surface area contributed by atoms with Gasteiger partial charge in [-0.25, -0.2) is 0 Å². The summed E-state index contributed by atoms with van der Waals surface area (Å²) in [7, 11) is 0. The highest BCUT2D eigenvalue weighted by atomic mass is 14.5. The highest BCUT2D eigenvalue weighted by molar-refractivity contribution is 6.23. The zero-order chi connectivity index (χ0) is 36.3. The first-order valence-electron chi connectivity index (χ1n) is 19.3. The van der Waals surface area contributed by atoms with Crippen molar-refractivity contribution < 1.29 is 0 Å². The van der Waals surface area contributed by atoms with Gasteiger partial charge >= 0.3 is 0 Å². The molecule has 0 bridgehead atoms. The second-order valence-corrected chi connectivity index (χ2v) is 16.4. The van der Waals surface area contributed by atoms with E-state index in [1.165, 1.54) is 110 Å². The molecule has 0 heteroatoms. The molecule has 0 N–H and O–H groups in total. The fourth-order valence-corrected chi connectivity index (χ4v) is 10.5. The molecule has 2 aliphatic rings. The van der Waals surface area contributed by atoms with Crippen molar-refractivity contribution >= 4 is 32.3 Å². The van der Waals surface area contributed by atoms with Crippen LogP contribution in [-0.2, 0) is 10.8 Å². The maximum absolute atomic E-state index is 2.52. The van der Waals surface area contributed by atoms with E-state index in [1.807, 2.05) is 0 Å². The summed E-state index contributed by atoms with van der Waals surface area (Å²) in [6.45, 7) is 9.68.